The maximum absolute atomic E-state index is 8.83. The fraction of sp³-hybridized carbons (Fsp3) is 0.143. The van der Waals surface area contributed by atoms with Crippen LogP contribution in [0, 0.1) is 0 Å². The Hall–Kier alpha value is -1.18. The highest BCUT2D eigenvalue weighted by Gasteiger charge is 2.10. The van der Waals surface area contributed by atoms with Crippen LogP contribution in [0.3, 0.4) is 0 Å². The molecule has 0 bridgehead atoms. The lowest BCUT2D eigenvalue weighted by atomic mass is 10.2. The Morgan fingerprint density at radius 1 is 1.56 bits per heavy atom. The number of hydrogen-bond donors (Lipinski definition) is 2. The Morgan fingerprint density at radius 3 is 2.44 bits per heavy atom. The van der Waals surface area contributed by atoms with Crippen LogP contribution in [0.5, 0.6) is 0 Å². The molecule has 0 radical (unpaired) electrons. The normalized spacial score (nSPS) is 18.0. The van der Waals surface area contributed by atoms with Gasteiger partial charge in [0.15, 0.2) is 5.76 Å². The zero-order valence-electron chi connectivity index (χ0n) is 4.96. The smallest absolute Gasteiger partial charge is 0.153 e. The molecule has 2 nitrogen and oxygen atoms in total. The largest absolute Gasteiger partial charge is 0.508 e. The summed E-state index contributed by atoms with van der Waals surface area (Å²) in [5.41, 5.74) is 0.852. The van der Waals surface area contributed by atoms with Crippen LogP contribution in [0.25, 0.3) is 0 Å². The van der Waals surface area contributed by atoms with Gasteiger partial charge in [-0.15, -0.1) is 0 Å². The van der Waals surface area contributed by atoms with Gasteiger partial charge in [-0.3, -0.25) is 0 Å². The average molecular weight is 124 g/mol. The molecular formula is C7H8O2. The summed E-state index contributed by atoms with van der Waals surface area (Å²) >= 11 is 0. The fourth-order valence-electron chi connectivity index (χ4n) is 0.725. The van der Waals surface area contributed by atoms with Crippen molar-refractivity contribution in [3.8, 4) is 0 Å². The highest BCUT2D eigenvalue weighted by atomic mass is 16.3. The molecule has 0 spiro atoms. The van der Waals surface area contributed by atoms with Gasteiger partial charge in [0.25, 0.3) is 0 Å². The Bertz CT molecular complexity index is 199. The Kier molecular flexibility index (Phi) is 1.30. The third-order valence-electron chi connectivity index (χ3n) is 1.25. The fourth-order valence-corrected chi connectivity index (χ4v) is 0.725. The summed E-state index contributed by atoms with van der Waals surface area (Å²) in [6, 6.07) is 0. The molecule has 0 aromatic heterocycles. The van der Waals surface area contributed by atoms with Crippen molar-refractivity contribution in [2.75, 3.05) is 0 Å². The zero-order chi connectivity index (χ0) is 6.85. The van der Waals surface area contributed by atoms with Crippen LogP contribution in [0.2, 0.25) is 0 Å². The van der Waals surface area contributed by atoms with Crippen LogP contribution >= 0.6 is 0 Å². The molecule has 0 amide bonds. The van der Waals surface area contributed by atoms with Crippen molar-refractivity contribution in [2.45, 2.75) is 6.42 Å². The molecule has 2 heteroatoms. The number of aliphatic hydroxyl groups excluding tert-OH is 2. The number of allylic oxidation sites excluding steroid dienone is 3. The predicted octanol–water partition coefficient (Wildman–Crippen LogP) is 1.83. The molecule has 0 heterocycles. The number of aliphatic hydroxyl groups is 2. The minimum atomic E-state index is -0.0371. The average Bonchev–Trinajstić information content (AvgIpc) is 2.13. The van der Waals surface area contributed by atoms with E-state index in [0.717, 1.165) is 5.57 Å². The molecule has 0 saturated heterocycles. The van der Waals surface area contributed by atoms with Gasteiger partial charge in [-0.2, -0.15) is 0 Å². The van der Waals surface area contributed by atoms with Crippen LogP contribution in [0.4, 0.5) is 0 Å². The lowest BCUT2D eigenvalue weighted by molar-refractivity contribution is 0.338. The topological polar surface area (TPSA) is 40.5 Å². The first-order valence-electron chi connectivity index (χ1n) is 2.68. The lowest BCUT2D eigenvalue weighted by Gasteiger charge is -1.89. The van der Waals surface area contributed by atoms with E-state index in [1.54, 1.807) is 6.08 Å². The second kappa shape index (κ2) is 1.97. The van der Waals surface area contributed by atoms with Gasteiger partial charge in [-0.1, -0.05) is 12.7 Å². The Morgan fingerprint density at radius 2 is 2.22 bits per heavy atom. The second-order valence-corrected chi connectivity index (χ2v) is 1.93. The molecule has 0 saturated carbocycles. The molecule has 1 rings (SSSR count). The molecule has 2 N–H and O–H groups in total. The van der Waals surface area contributed by atoms with Gasteiger partial charge in [-0.25, -0.2) is 0 Å². The van der Waals surface area contributed by atoms with E-state index in [2.05, 4.69) is 6.58 Å². The third-order valence-corrected chi connectivity index (χ3v) is 1.25. The summed E-state index contributed by atoms with van der Waals surface area (Å²) in [6.07, 6.45) is 3.52. The third kappa shape index (κ3) is 0.964. The lowest BCUT2D eigenvalue weighted by Crippen LogP contribution is -1.78. The van der Waals surface area contributed by atoms with Gasteiger partial charge >= 0.3 is 0 Å². The monoisotopic (exact) mass is 124 g/mol. The van der Waals surface area contributed by atoms with Crippen molar-refractivity contribution in [1.29, 1.82) is 0 Å². The second-order valence-electron chi connectivity index (χ2n) is 1.93. The van der Waals surface area contributed by atoms with Crippen LogP contribution < -0.4 is 0 Å². The van der Waals surface area contributed by atoms with Gasteiger partial charge < -0.3 is 10.2 Å². The summed E-state index contributed by atoms with van der Waals surface area (Å²) in [4.78, 5) is 0. The van der Waals surface area contributed by atoms with Gasteiger partial charge in [0.05, 0.1) is 0 Å². The Balaban J connectivity index is 2.78. The van der Waals surface area contributed by atoms with Gasteiger partial charge in [-0.05, 0) is 11.6 Å². The summed E-state index contributed by atoms with van der Waals surface area (Å²) < 4.78 is 0. The van der Waals surface area contributed by atoms with Gasteiger partial charge in [0, 0.05) is 6.42 Å². The van der Waals surface area contributed by atoms with Crippen molar-refractivity contribution >= 4 is 0 Å². The SMILES string of the molecule is C=CC1=CC(O)=C(O)C1. The van der Waals surface area contributed by atoms with E-state index >= 15 is 0 Å². The molecule has 0 aromatic rings. The number of rotatable bonds is 1. The molecule has 0 aliphatic heterocycles. The van der Waals surface area contributed by atoms with Crippen molar-refractivity contribution in [1.82, 2.24) is 0 Å². The van der Waals surface area contributed by atoms with Crippen molar-refractivity contribution in [3.05, 3.63) is 35.8 Å². The van der Waals surface area contributed by atoms with E-state index in [0.29, 0.717) is 6.42 Å². The van der Waals surface area contributed by atoms with Gasteiger partial charge in [0.2, 0.25) is 0 Å². The summed E-state index contributed by atoms with van der Waals surface area (Å²) in [7, 11) is 0. The zero-order valence-corrected chi connectivity index (χ0v) is 4.96. The quantitative estimate of drug-likeness (QED) is 0.559. The predicted molar refractivity (Wildman–Crippen MR) is 35.2 cm³/mol. The van der Waals surface area contributed by atoms with Crippen molar-refractivity contribution in [2.24, 2.45) is 0 Å². The van der Waals surface area contributed by atoms with Crippen molar-refractivity contribution in [3.63, 3.8) is 0 Å². The summed E-state index contributed by atoms with van der Waals surface area (Å²) in [5, 5.41) is 17.6. The minimum Gasteiger partial charge on any atom is -0.508 e. The first-order valence-corrected chi connectivity index (χ1v) is 2.68. The van der Waals surface area contributed by atoms with E-state index in [1.165, 1.54) is 6.08 Å². The van der Waals surface area contributed by atoms with Crippen LogP contribution in [-0.4, -0.2) is 10.2 Å². The highest BCUT2D eigenvalue weighted by molar-refractivity contribution is 5.36. The van der Waals surface area contributed by atoms with Crippen LogP contribution in [0.15, 0.2) is 35.8 Å². The number of hydrogen-bond acceptors (Lipinski definition) is 2. The standard InChI is InChI=1S/C7H8O2/c1-2-5-3-6(8)7(9)4-5/h2-3,8-9H,1,4H2. The Labute approximate surface area is 53.4 Å². The van der Waals surface area contributed by atoms with Crippen LogP contribution in [-0.2, 0) is 0 Å². The maximum atomic E-state index is 8.83. The molecule has 0 fully saturated rings. The van der Waals surface area contributed by atoms with E-state index in [9.17, 15) is 0 Å². The molecule has 0 aromatic carbocycles. The molecule has 0 unspecified atom stereocenters. The van der Waals surface area contributed by atoms with E-state index in [4.69, 9.17) is 10.2 Å². The molecule has 1 aliphatic rings. The summed E-state index contributed by atoms with van der Waals surface area (Å²) in [5.74, 6) is -0.00481. The first kappa shape index (κ1) is 5.95. The molecular weight excluding hydrogens is 116 g/mol. The van der Waals surface area contributed by atoms with E-state index < -0.39 is 0 Å². The van der Waals surface area contributed by atoms with E-state index in [-0.39, 0.29) is 11.5 Å². The first-order chi connectivity index (χ1) is 4.24. The van der Waals surface area contributed by atoms with E-state index in [1.807, 2.05) is 0 Å². The minimum absolute atomic E-state index is 0.0323. The molecule has 1 aliphatic carbocycles. The highest BCUT2D eigenvalue weighted by Crippen LogP contribution is 2.21. The molecule has 9 heavy (non-hydrogen) atoms. The van der Waals surface area contributed by atoms with Crippen molar-refractivity contribution < 1.29 is 10.2 Å². The van der Waals surface area contributed by atoms with Gasteiger partial charge in [0.1, 0.15) is 5.76 Å². The van der Waals surface area contributed by atoms with Crippen LogP contribution in [0.1, 0.15) is 6.42 Å². The maximum Gasteiger partial charge on any atom is 0.153 e. The summed E-state index contributed by atoms with van der Waals surface area (Å²) in [6.45, 7) is 3.49. The molecule has 0 atom stereocenters. The molecule has 48 valence electrons.